The van der Waals surface area contributed by atoms with E-state index in [9.17, 15) is 0 Å². The van der Waals surface area contributed by atoms with Crippen LogP contribution in [-0.4, -0.2) is 37.3 Å². The third-order valence-electron chi connectivity index (χ3n) is 3.52. The average Bonchev–Trinajstić information content (AvgIpc) is 2.84. The fourth-order valence-electron chi connectivity index (χ4n) is 1.86. The average molecular weight is 267 g/mol. The Morgan fingerprint density at radius 2 is 1.21 bits per heavy atom. The molecule has 0 bridgehead atoms. The maximum absolute atomic E-state index is 5.55. The Balaban J connectivity index is 1.97. The van der Waals surface area contributed by atoms with Crippen LogP contribution in [0.1, 0.15) is 41.5 Å². The van der Waals surface area contributed by atoms with Crippen LogP contribution >= 0.6 is 0 Å². The van der Waals surface area contributed by atoms with Crippen molar-refractivity contribution in [1.82, 2.24) is 5.32 Å². The third-order valence-corrected chi connectivity index (χ3v) is 3.52. The molecule has 2 rings (SSSR count). The number of aliphatic imine (C=N–C) groups is 2. The van der Waals surface area contributed by atoms with Crippen molar-refractivity contribution in [3.05, 3.63) is 0 Å². The number of hydrogen-bond acceptors (Lipinski definition) is 5. The summed E-state index contributed by atoms with van der Waals surface area (Å²) in [4.78, 5) is 9.06. The molecule has 0 spiro atoms. The SMILES string of the molecule is CC(C)(C)C1COC(NC2=N[C@@H](C(C)(C)C)CO2)=N1. The van der Waals surface area contributed by atoms with Gasteiger partial charge < -0.3 is 9.47 Å². The van der Waals surface area contributed by atoms with Gasteiger partial charge in [-0.3, -0.25) is 5.32 Å². The number of ether oxygens (including phenoxy) is 2. The normalized spacial score (nSPS) is 27.5. The summed E-state index contributed by atoms with van der Waals surface area (Å²) >= 11 is 0. The lowest BCUT2D eigenvalue weighted by molar-refractivity contribution is 0.225. The van der Waals surface area contributed by atoms with Gasteiger partial charge >= 0.3 is 0 Å². The van der Waals surface area contributed by atoms with Crippen molar-refractivity contribution in [1.29, 1.82) is 0 Å². The first-order valence-corrected chi connectivity index (χ1v) is 6.84. The first-order valence-electron chi connectivity index (χ1n) is 6.84. The monoisotopic (exact) mass is 267 g/mol. The second kappa shape index (κ2) is 4.69. The lowest BCUT2D eigenvalue weighted by atomic mass is 9.88. The van der Waals surface area contributed by atoms with Crippen LogP contribution in [0.25, 0.3) is 0 Å². The number of hydrogen-bond donors (Lipinski definition) is 1. The molecule has 108 valence electrons. The van der Waals surface area contributed by atoms with Crippen LogP contribution in [0.5, 0.6) is 0 Å². The van der Waals surface area contributed by atoms with Crippen molar-refractivity contribution in [2.45, 2.75) is 53.6 Å². The van der Waals surface area contributed by atoms with E-state index in [2.05, 4.69) is 56.8 Å². The maximum Gasteiger partial charge on any atom is 0.293 e. The molecule has 0 saturated heterocycles. The summed E-state index contributed by atoms with van der Waals surface area (Å²) in [6, 6.07) is 1.40. The molecule has 19 heavy (non-hydrogen) atoms. The molecular formula is C14H25N3O2. The molecule has 5 nitrogen and oxygen atoms in total. The summed E-state index contributed by atoms with van der Waals surface area (Å²) in [6.07, 6.45) is 0. The summed E-state index contributed by atoms with van der Waals surface area (Å²) < 4.78 is 11.1. The predicted molar refractivity (Wildman–Crippen MR) is 76.4 cm³/mol. The van der Waals surface area contributed by atoms with Crippen molar-refractivity contribution in [2.75, 3.05) is 13.2 Å². The first-order chi connectivity index (χ1) is 8.66. The zero-order chi connectivity index (χ0) is 14.3. The minimum atomic E-state index is 0.107. The Morgan fingerprint density at radius 3 is 1.47 bits per heavy atom. The van der Waals surface area contributed by atoms with Gasteiger partial charge in [0.25, 0.3) is 12.0 Å². The smallest absolute Gasteiger partial charge is 0.293 e. The lowest BCUT2D eigenvalue weighted by Crippen LogP contribution is -2.30. The zero-order valence-corrected chi connectivity index (χ0v) is 12.8. The predicted octanol–water partition coefficient (Wildman–Crippen LogP) is 2.18. The van der Waals surface area contributed by atoms with Crippen LogP contribution in [0.4, 0.5) is 0 Å². The van der Waals surface area contributed by atoms with Crippen LogP contribution in [0.2, 0.25) is 0 Å². The summed E-state index contributed by atoms with van der Waals surface area (Å²) in [7, 11) is 0. The highest BCUT2D eigenvalue weighted by molar-refractivity contribution is 5.94. The third kappa shape index (κ3) is 3.39. The number of rotatable bonds is 0. The van der Waals surface area contributed by atoms with Gasteiger partial charge in [0, 0.05) is 0 Å². The van der Waals surface area contributed by atoms with Crippen molar-refractivity contribution >= 4 is 12.0 Å². The standard InChI is InChI=1S/C14H25N3O2/c1-13(2,3)9-7-18-11(15-9)17-12-16-10(8-19-12)14(4,5)6/h9-10H,7-8H2,1-6H3,(H,15,16,17)/t9-,10?/m1/s1. The Morgan fingerprint density at radius 1 is 0.842 bits per heavy atom. The van der Waals surface area contributed by atoms with Crippen molar-refractivity contribution in [2.24, 2.45) is 20.8 Å². The molecule has 2 atom stereocenters. The topological polar surface area (TPSA) is 55.2 Å². The Hall–Kier alpha value is -1.26. The molecular weight excluding hydrogens is 242 g/mol. The van der Waals surface area contributed by atoms with Gasteiger partial charge in [-0.15, -0.1) is 0 Å². The lowest BCUT2D eigenvalue weighted by Gasteiger charge is -2.21. The van der Waals surface area contributed by atoms with E-state index in [-0.39, 0.29) is 22.9 Å². The molecule has 0 fully saturated rings. The van der Waals surface area contributed by atoms with Crippen LogP contribution in [0.3, 0.4) is 0 Å². The minimum absolute atomic E-state index is 0.107. The molecule has 0 radical (unpaired) electrons. The van der Waals surface area contributed by atoms with Gasteiger partial charge in [0.15, 0.2) is 0 Å². The van der Waals surface area contributed by atoms with Gasteiger partial charge in [-0.2, -0.15) is 0 Å². The molecule has 0 aromatic carbocycles. The highest BCUT2D eigenvalue weighted by Crippen LogP contribution is 2.27. The fourth-order valence-corrected chi connectivity index (χ4v) is 1.86. The molecule has 2 heterocycles. The molecule has 2 aliphatic heterocycles. The molecule has 0 amide bonds. The van der Waals surface area contributed by atoms with Crippen molar-refractivity contribution in [3.63, 3.8) is 0 Å². The summed E-state index contributed by atoms with van der Waals surface area (Å²) in [5, 5.41) is 3.04. The molecule has 0 aromatic rings. The molecule has 5 heteroatoms. The summed E-state index contributed by atoms with van der Waals surface area (Å²) in [6.45, 7) is 14.2. The van der Waals surface area contributed by atoms with E-state index in [1.54, 1.807) is 0 Å². The van der Waals surface area contributed by atoms with E-state index in [4.69, 9.17) is 9.47 Å². The molecule has 2 aliphatic rings. The number of nitrogens with zero attached hydrogens (tertiary/aromatic N) is 2. The van der Waals surface area contributed by atoms with Gasteiger partial charge in [0.05, 0.1) is 12.1 Å². The number of amidine groups is 2. The summed E-state index contributed by atoms with van der Waals surface area (Å²) in [5.41, 5.74) is 0.214. The van der Waals surface area contributed by atoms with Crippen molar-refractivity contribution in [3.8, 4) is 0 Å². The van der Waals surface area contributed by atoms with Gasteiger partial charge in [0.2, 0.25) is 0 Å². The van der Waals surface area contributed by atoms with E-state index in [1.165, 1.54) is 0 Å². The number of nitrogens with one attached hydrogen (secondary N) is 1. The van der Waals surface area contributed by atoms with Gasteiger partial charge in [0.1, 0.15) is 13.2 Å². The molecule has 1 N–H and O–H groups in total. The van der Waals surface area contributed by atoms with Crippen LogP contribution in [-0.2, 0) is 9.47 Å². The van der Waals surface area contributed by atoms with E-state index in [1.807, 2.05) is 0 Å². The molecule has 0 aromatic heterocycles. The maximum atomic E-state index is 5.55. The van der Waals surface area contributed by atoms with Gasteiger partial charge in [-0.05, 0) is 10.8 Å². The van der Waals surface area contributed by atoms with Gasteiger partial charge in [-0.1, -0.05) is 41.5 Å². The summed E-state index contributed by atoms with van der Waals surface area (Å²) in [5.74, 6) is 0. The van der Waals surface area contributed by atoms with Crippen LogP contribution in [0.15, 0.2) is 9.98 Å². The minimum Gasteiger partial charge on any atom is -0.463 e. The Labute approximate surface area is 115 Å². The Kier molecular flexibility index (Phi) is 3.49. The van der Waals surface area contributed by atoms with Crippen LogP contribution < -0.4 is 5.32 Å². The van der Waals surface area contributed by atoms with E-state index < -0.39 is 0 Å². The Bertz CT molecular complexity index is 364. The van der Waals surface area contributed by atoms with E-state index >= 15 is 0 Å². The van der Waals surface area contributed by atoms with E-state index in [0.29, 0.717) is 25.3 Å². The molecule has 0 aliphatic carbocycles. The largest absolute Gasteiger partial charge is 0.463 e. The molecule has 1 unspecified atom stereocenters. The highest BCUT2D eigenvalue weighted by Gasteiger charge is 2.33. The highest BCUT2D eigenvalue weighted by atomic mass is 16.5. The quantitative estimate of drug-likeness (QED) is 0.732. The second-order valence-corrected chi connectivity index (χ2v) is 7.38. The zero-order valence-electron chi connectivity index (χ0n) is 12.8. The fraction of sp³-hybridized carbons (Fsp3) is 0.857. The van der Waals surface area contributed by atoms with Crippen LogP contribution in [0, 0.1) is 10.8 Å². The first kappa shape index (κ1) is 14.2. The molecule has 0 saturated carbocycles. The van der Waals surface area contributed by atoms with Gasteiger partial charge in [-0.25, -0.2) is 9.98 Å². The van der Waals surface area contributed by atoms with Crippen molar-refractivity contribution < 1.29 is 9.47 Å². The second-order valence-electron chi connectivity index (χ2n) is 7.38. The van der Waals surface area contributed by atoms with E-state index in [0.717, 1.165) is 0 Å².